The van der Waals surface area contributed by atoms with E-state index in [0.29, 0.717) is 15.8 Å². The highest BCUT2D eigenvalue weighted by molar-refractivity contribution is 7.89. The van der Waals surface area contributed by atoms with Gasteiger partial charge in [0.15, 0.2) is 0 Å². The van der Waals surface area contributed by atoms with Crippen molar-refractivity contribution in [2.24, 2.45) is 10.7 Å². The van der Waals surface area contributed by atoms with E-state index >= 15 is 0 Å². The molecule has 0 spiro atoms. The first-order valence-corrected chi connectivity index (χ1v) is 12.4. The summed E-state index contributed by atoms with van der Waals surface area (Å²) in [5, 5.41) is 1.25. The van der Waals surface area contributed by atoms with Crippen LogP contribution in [0, 0.1) is 0 Å². The van der Waals surface area contributed by atoms with E-state index in [4.69, 9.17) is 21.8 Å². The third-order valence-corrected chi connectivity index (χ3v) is 9.35. The molecule has 1 unspecified atom stereocenters. The number of fused-ring (bicyclic) bond motifs is 1. The Kier molecular flexibility index (Phi) is 4.77. The summed E-state index contributed by atoms with van der Waals surface area (Å²) in [4.78, 5) is 13.9. The number of halogens is 1. The maximum atomic E-state index is 12.6. The maximum absolute atomic E-state index is 12.6. The van der Waals surface area contributed by atoms with Gasteiger partial charge in [-0.3, -0.25) is 4.98 Å². The minimum atomic E-state index is -3.61. The molecule has 0 bridgehead atoms. The van der Waals surface area contributed by atoms with Crippen molar-refractivity contribution in [3.8, 4) is 22.7 Å². The number of aliphatic imine (C=N–C) groups is 1. The summed E-state index contributed by atoms with van der Waals surface area (Å²) in [6.45, 7) is 1.74. The predicted octanol–water partition coefficient (Wildman–Crippen LogP) is 4.08. The molecule has 0 fully saturated rings. The van der Waals surface area contributed by atoms with Gasteiger partial charge in [0.1, 0.15) is 11.8 Å². The van der Waals surface area contributed by atoms with Crippen molar-refractivity contribution in [2.45, 2.75) is 12.5 Å². The Morgan fingerprint density at radius 1 is 1.16 bits per heavy atom. The number of rotatable bonds is 3. The second-order valence-electron chi connectivity index (χ2n) is 7.66. The molecule has 0 aliphatic carbocycles. The summed E-state index contributed by atoms with van der Waals surface area (Å²) in [7, 11) is -2.22. The summed E-state index contributed by atoms with van der Waals surface area (Å²) < 4.78 is 32.5. The molecule has 2 N–H and O–H groups in total. The van der Waals surface area contributed by atoms with Gasteiger partial charge in [-0.2, -0.15) is 0 Å². The number of benzene rings is 1. The van der Waals surface area contributed by atoms with Crippen LogP contribution in [0.1, 0.15) is 11.8 Å². The molecule has 4 aromatic rings. The van der Waals surface area contributed by atoms with Gasteiger partial charge < -0.3 is 10.2 Å². The zero-order valence-corrected chi connectivity index (χ0v) is 19.5. The summed E-state index contributed by atoms with van der Waals surface area (Å²) in [5.74, 6) is 0.251. The lowest BCUT2D eigenvalue weighted by Gasteiger charge is -2.33. The second kappa shape index (κ2) is 7.29. The number of oxazole rings is 1. The molecule has 1 atom stereocenters. The van der Waals surface area contributed by atoms with Crippen molar-refractivity contribution in [1.82, 2.24) is 14.3 Å². The number of aromatic nitrogens is 2. The molecule has 0 radical (unpaired) electrons. The third kappa shape index (κ3) is 3.26. The SMILES string of the molecule is CN1C(N)=NC(C)(c2sc3c(-c4ccc(-c5ncco5)cc4)nccc3c2Cl)CS1(=O)=O. The first kappa shape index (κ1) is 20.9. The Morgan fingerprint density at radius 3 is 2.53 bits per heavy atom. The fourth-order valence-corrected chi connectivity index (χ4v) is 7.10. The lowest BCUT2D eigenvalue weighted by Crippen LogP contribution is -2.50. The zero-order valence-electron chi connectivity index (χ0n) is 17.1. The van der Waals surface area contributed by atoms with Gasteiger partial charge in [-0.05, 0) is 25.1 Å². The number of nitrogens with zero attached hydrogens (tertiary/aromatic N) is 4. The topological polar surface area (TPSA) is 115 Å². The van der Waals surface area contributed by atoms with Gasteiger partial charge in [0.25, 0.3) is 0 Å². The van der Waals surface area contributed by atoms with E-state index in [-0.39, 0.29) is 11.7 Å². The van der Waals surface area contributed by atoms with Gasteiger partial charge in [-0.25, -0.2) is 22.7 Å². The largest absolute Gasteiger partial charge is 0.445 e. The molecule has 11 heteroatoms. The van der Waals surface area contributed by atoms with Crippen LogP contribution in [-0.4, -0.2) is 41.5 Å². The fraction of sp³-hybridized carbons (Fsp3) is 0.190. The van der Waals surface area contributed by atoms with Gasteiger partial charge >= 0.3 is 0 Å². The number of thiophene rings is 1. The molecule has 0 amide bonds. The molecule has 0 saturated carbocycles. The highest BCUT2D eigenvalue weighted by Crippen LogP contribution is 2.47. The average Bonchev–Trinajstić information content (AvgIpc) is 3.41. The van der Waals surface area contributed by atoms with Gasteiger partial charge in [0, 0.05) is 29.8 Å². The first-order chi connectivity index (χ1) is 15.2. The van der Waals surface area contributed by atoms with Crippen molar-refractivity contribution in [2.75, 3.05) is 12.8 Å². The van der Waals surface area contributed by atoms with Crippen molar-refractivity contribution < 1.29 is 12.8 Å². The number of nitrogens with two attached hydrogens (primary N) is 1. The molecule has 4 heterocycles. The Hall–Kier alpha value is -2.95. The highest BCUT2D eigenvalue weighted by atomic mass is 35.5. The molecule has 1 aliphatic heterocycles. The van der Waals surface area contributed by atoms with Gasteiger partial charge in [-0.1, -0.05) is 23.7 Å². The molecule has 8 nitrogen and oxygen atoms in total. The van der Waals surface area contributed by atoms with Crippen LogP contribution >= 0.6 is 22.9 Å². The smallest absolute Gasteiger partial charge is 0.239 e. The molecule has 3 aromatic heterocycles. The minimum absolute atomic E-state index is 0.0623. The quantitative estimate of drug-likeness (QED) is 0.465. The number of hydrogen-bond acceptors (Lipinski definition) is 8. The van der Waals surface area contributed by atoms with Gasteiger partial charge in [0.05, 0.1) is 32.2 Å². The number of guanidine groups is 1. The molecular weight excluding hydrogens is 470 g/mol. The Labute approximate surface area is 193 Å². The van der Waals surface area contributed by atoms with E-state index in [9.17, 15) is 8.42 Å². The van der Waals surface area contributed by atoms with E-state index in [1.54, 1.807) is 19.3 Å². The minimum Gasteiger partial charge on any atom is -0.445 e. The van der Waals surface area contributed by atoms with E-state index in [1.807, 2.05) is 30.3 Å². The predicted molar refractivity (Wildman–Crippen MR) is 126 cm³/mol. The number of hydrogen-bond donors (Lipinski definition) is 1. The lowest BCUT2D eigenvalue weighted by atomic mass is 10.0. The van der Waals surface area contributed by atoms with Crippen molar-refractivity contribution >= 4 is 49.0 Å². The van der Waals surface area contributed by atoms with Crippen LogP contribution in [0.2, 0.25) is 5.02 Å². The first-order valence-electron chi connectivity index (χ1n) is 9.59. The van der Waals surface area contributed by atoms with Crippen molar-refractivity contribution in [3.05, 3.63) is 58.9 Å². The van der Waals surface area contributed by atoms with E-state index in [0.717, 1.165) is 31.2 Å². The van der Waals surface area contributed by atoms with Crippen LogP contribution in [0.4, 0.5) is 0 Å². The van der Waals surface area contributed by atoms with Crippen LogP contribution in [-0.2, 0) is 15.6 Å². The molecular formula is C21H18ClN5O3S2. The summed E-state index contributed by atoms with van der Waals surface area (Å²) >= 11 is 8.14. The van der Waals surface area contributed by atoms with Crippen LogP contribution in [0.3, 0.4) is 0 Å². The van der Waals surface area contributed by atoms with Gasteiger partial charge in [0.2, 0.25) is 21.9 Å². The molecule has 32 heavy (non-hydrogen) atoms. The lowest BCUT2D eigenvalue weighted by molar-refractivity contribution is 0.482. The van der Waals surface area contributed by atoms with Gasteiger partial charge in [-0.15, -0.1) is 11.3 Å². The average molecular weight is 488 g/mol. The second-order valence-corrected chi connectivity index (χ2v) is 11.1. The molecule has 1 aromatic carbocycles. The van der Waals surface area contributed by atoms with Crippen LogP contribution < -0.4 is 5.73 Å². The molecule has 5 rings (SSSR count). The van der Waals surface area contributed by atoms with Crippen LogP contribution in [0.15, 0.2) is 58.4 Å². The third-order valence-electron chi connectivity index (χ3n) is 5.44. The van der Waals surface area contributed by atoms with E-state index in [2.05, 4.69) is 15.0 Å². The van der Waals surface area contributed by atoms with E-state index in [1.165, 1.54) is 24.6 Å². The normalized spacial score (nSPS) is 20.5. The number of pyridine rings is 1. The van der Waals surface area contributed by atoms with Crippen LogP contribution in [0.25, 0.3) is 32.8 Å². The standard InChI is InChI=1S/C21H18ClN5O3S2/c1-21(11-32(28,29)27(2)20(23)26-21)18-15(22)14-7-8-24-16(17(14)31-18)12-3-5-13(6-4-12)19-25-9-10-30-19/h3-10H,11H2,1-2H3,(H2,23,26). The van der Waals surface area contributed by atoms with E-state index < -0.39 is 15.6 Å². The van der Waals surface area contributed by atoms with Crippen molar-refractivity contribution in [3.63, 3.8) is 0 Å². The molecule has 0 saturated heterocycles. The van der Waals surface area contributed by atoms with Crippen LogP contribution in [0.5, 0.6) is 0 Å². The monoisotopic (exact) mass is 487 g/mol. The summed E-state index contributed by atoms with van der Waals surface area (Å²) in [6.07, 6.45) is 4.81. The fourth-order valence-electron chi connectivity index (χ4n) is 3.75. The molecule has 164 valence electrons. The maximum Gasteiger partial charge on any atom is 0.239 e. The highest BCUT2D eigenvalue weighted by Gasteiger charge is 2.43. The summed E-state index contributed by atoms with van der Waals surface area (Å²) in [6, 6.07) is 9.52. The Morgan fingerprint density at radius 2 is 1.88 bits per heavy atom. The Bertz CT molecular complexity index is 1460. The Balaban J connectivity index is 1.64. The zero-order chi connectivity index (χ0) is 22.7. The number of sulfonamides is 1. The summed E-state index contributed by atoms with van der Waals surface area (Å²) in [5.41, 5.74) is 7.31. The molecule has 1 aliphatic rings. The van der Waals surface area contributed by atoms with Crippen molar-refractivity contribution in [1.29, 1.82) is 0 Å².